The summed E-state index contributed by atoms with van der Waals surface area (Å²) in [5.41, 5.74) is 4.83. The Morgan fingerprint density at radius 1 is 1.50 bits per heavy atom. The second kappa shape index (κ2) is 6.00. The van der Waals surface area contributed by atoms with E-state index in [0.717, 1.165) is 30.2 Å². The number of aliphatic imine (C=N–C) groups is 1. The fourth-order valence-corrected chi connectivity index (χ4v) is 2.47. The maximum absolute atomic E-state index is 5.64. The minimum Gasteiger partial charge on any atom is -0.307 e. The fraction of sp³-hybridized carbons (Fsp3) is 0.692. The lowest BCUT2D eigenvalue weighted by Gasteiger charge is -2.10. The Kier molecular flexibility index (Phi) is 4.36. The molecule has 5 heteroatoms. The Morgan fingerprint density at radius 2 is 2.22 bits per heavy atom. The number of nitrogens with one attached hydrogen (secondary N) is 1. The molecule has 1 aromatic heterocycles. The molecule has 0 spiro atoms. The first-order valence-corrected chi connectivity index (χ1v) is 6.90. The topological polar surface area (TPSA) is 68.2 Å². The van der Waals surface area contributed by atoms with E-state index in [1.54, 1.807) is 0 Å². The molecule has 1 aromatic rings. The van der Waals surface area contributed by atoms with Gasteiger partial charge in [0.05, 0.1) is 11.7 Å². The second-order valence-electron chi connectivity index (χ2n) is 4.75. The summed E-state index contributed by atoms with van der Waals surface area (Å²) in [6.45, 7) is 5.02. The first kappa shape index (κ1) is 13.1. The van der Waals surface area contributed by atoms with Gasteiger partial charge in [0, 0.05) is 6.54 Å². The van der Waals surface area contributed by atoms with Crippen molar-refractivity contribution < 1.29 is 0 Å². The van der Waals surface area contributed by atoms with E-state index in [2.05, 4.69) is 30.4 Å². The van der Waals surface area contributed by atoms with Crippen molar-refractivity contribution in [2.45, 2.75) is 58.5 Å². The van der Waals surface area contributed by atoms with Crippen LogP contribution in [0.15, 0.2) is 11.1 Å². The van der Waals surface area contributed by atoms with Crippen LogP contribution in [0, 0.1) is 0 Å². The molecule has 1 aliphatic carbocycles. The summed E-state index contributed by atoms with van der Waals surface area (Å²) < 4.78 is 1.96. The van der Waals surface area contributed by atoms with E-state index in [0.29, 0.717) is 6.04 Å². The van der Waals surface area contributed by atoms with Crippen molar-refractivity contribution >= 4 is 5.84 Å². The molecular weight excluding hydrogens is 226 g/mol. The molecule has 0 radical (unpaired) electrons. The lowest BCUT2D eigenvalue weighted by atomic mass is 10.2. The number of amidine groups is 1. The van der Waals surface area contributed by atoms with Crippen LogP contribution in [0.1, 0.15) is 50.9 Å². The van der Waals surface area contributed by atoms with Gasteiger partial charge in [0.1, 0.15) is 5.69 Å². The summed E-state index contributed by atoms with van der Waals surface area (Å²) in [7, 11) is 0. The second-order valence-corrected chi connectivity index (χ2v) is 4.75. The molecule has 0 aromatic carbocycles. The van der Waals surface area contributed by atoms with Gasteiger partial charge in [0.15, 0.2) is 5.84 Å². The van der Waals surface area contributed by atoms with Crippen LogP contribution in [-0.4, -0.2) is 21.7 Å². The highest BCUT2D eigenvalue weighted by atomic mass is 15.3. The number of hydrogen-bond acceptors (Lipinski definition) is 3. The molecule has 5 nitrogen and oxygen atoms in total. The Bertz CT molecular complexity index is 415. The lowest BCUT2D eigenvalue weighted by molar-refractivity contribution is 0.636. The monoisotopic (exact) mass is 249 g/mol. The zero-order valence-electron chi connectivity index (χ0n) is 11.3. The average molecular weight is 249 g/mol. The first-order chi connectivity index (χ1) is 8.78. The van der Waals surface area contributed by atoms with E-state index in [1.807, 2.05) is 4.68 Å². The number of nitrogens with two attached hydrogens (primary N) is 1. The average Bonchev–Trinajstić information content (AvgIpc) is 3.04. The molecule has 0 saturated heterocycles. The molecule has 2 rings (SSSR count). The van der Waals surface area contributed by atoms with Crippen molar-refractivity contribution in [3.63, 3.8) is 0 Å². The van der Waals surface area contributed by atoms with Crippen molar-refractivity contribution in [3.05, 3.63) is 17.5 Å². The maximum Gasteiger partial charge on any atom is 0.161 e. The predicted octanol–water partition coefficient (Wildman–Crippen LogP) is 1.62. The largest absolute Gasteiger partial charge is 0.307 e. The van der Waals surface area contributed by atoms with Crippen LogP contribution in [0.4, 0.5) is 0 Å². The number of aryl methyl sites for hydroxylation is 2. The van der Waals surface area contributed by atoms with E-state index in [1.165, 1.54) is 25.7 Å². The summed E-state index contributed by atoms with van der Waals surface area (Å²) in [5, 5.41) is 4.53. The predicted molar refractivity (Wildman–Crippen MR) is 73.4 cm³/mol. The van der Waals surface area contributed by atoms with Gasteiger partial charge in [-0.05, 0) is 32.3 Å². The van der Waals surface area contributed by atoms with Gasteiger partial charge in [-0.15, -0.1) is 0 Å². The normalized spacial score (nSPS) is 17.4. The van der Waals surface area contributed by atoms with Gasteiger partial charge in [0.25, 0.3) is 0 Å². The highest BCUT2D eigenvalue weighted by molar-refractivity contribution is 5.97. The van der Waals surface area contributed by atoms with Gasteiger partial charge in [-0.25, -0.2) is 5.84 Å². The van der Waals surface area contributed by atoms with Crippen molar-refractivity contribution in [3.8, 4) is 0 Å². The van der Waals surface area contributed by atoms with Crippen LogP contribution in [0.3, 0.4) is 0 Å². The van der Waals surface area contributed by atoms with Crippen LogP contribution in [0.5, 0.6) is 0 Å². The zero-order chi connectivity index (χ0) is 13.0. The van der Waals surface area contributed by atoms with Crippen molar-refractivity contribution in [2.24, 2.45) is 10.8 Å². The summed E-state index contributed by atoms with van der Waals surface area (Å²) in [6.07, 6.45) is 5.83. The van der Waals surface area contributed by atoms with E-state index in [-0.39, 0.29) is 0 Å². The van der Waals surface area contributed by atoms with E-state index in [9.17, 15) is 0 Å². The minimum atomic E-state index is 0.418. The Hall–Kier alpha value is -1.36. The molecule has 0 bridgehead atoms. The van der Waals surface area contributed by atoms with Gasteiger partial charge in [-0.3, -0.25) is 9.67 Å². The molecule has 0 atom stereocenters. The summed E-state index contributed by atoms with van der Waals surface area (Å²) >= 11 is 0. The molecular formula is C13H23N5. The molecule has 18 heavy (non-hydrogen) atoms. The molecule has 0 aliphatic heterocycles. The van der Waals surface area contributed by atoms with Gasteiger partial charge in [0.2, 0.25) is 0 Å². The van der Waals surface area contributed by atoms with Gasteiger partial charge < -0.3 is 5.43 Å². The Morgan fingerprint density at radius 3 is 2.78 bits per heavy atom. The molecule has 1 heterocycles. The quantitative estimate of drug-likeness (QED) is 0.369. The van der Waals surface area contributed by atoms with Crippen LogP contribution < -0.4 is 11.3 Å². The van der Waals surface area contributed by atoms with Crippen molar-refractivity contribution in [2.75, 3.05) is 0 Å². The molecule has 3 N–H and O–H groups in total. The first-order valence-electron chi connectivity index (χ1n) is 6.90. The number of rotatable bonds is 4. The highest BCUT2D eigenvalue weighted by Gasteiger charge is 2.17. The molecule has 0 amide bonds. The Balaban J connectivity index is 2.27. The SMILES string of the molecule is CCc1cc(C(=NC2CCCC2)NN)n(CC)n1. The van der Waals surface area contributed by atoms with E-state index in [4.69, 9.17) is 10.8 Å². The van der Waals surface area contributed by atoms with Crippen LogP contribution in [-0.2, 0) is 13.0 Å². The number of nitrogens with zero attached hydrogens (tertiary/aromatic N) is 3. The summed E-state index contributed by atoms with van der Waals surface area (Å²) in [4.78, 5) is 4.74. The van der Waals surface area contributed by atoms with Crippen LogP contribution >= 0.6 is 0 Å². The number of aromatic nitrogens is 2. The lowest BCUT2D eigenvalue weighted by Crippen LogP contribution is -2.34. The third-order valence-corrected chi connectivity index (χ3v) is 3.51. The maximum atomic E-state index is 5.64. The smallest absolute Gasteiger partial charge is 0.161 e. The number of hydrogen-bond donors (Lipinski definition) is 2. The van der Waals surface area contributed by atoms with Crippen molar-refractivity contribution in [1.82, 2.24) is 15.2 Å². The van der Waals surface area contributed by atoms with E-state index >= 15 is 0 Å². The van der Waals surface area contributed by atoms with Crippen LogP contribution in [0.2, 0.25) is 0 Å². The van der Waals surface area contributed by atoms with Gasteiger partial charge in [-0.2, -0.15) is 5.10 Å². The molecule has 1 aliphatic rings. The number of hydrazine groups is 1. The minimum absolute atomic E-state index is 0.418. The fourth-order valence-electron chi connectivity index (χ4n) is 2.47. The molecule has 0 unspecified atom stereocenters. The standard InChI is InChI=1S/C13H23N5/c1-3-10-9-12(18(4-2)17-10)13(16-14)15-11-7-5-6-8-11/h9,11H,3-8,14H2,1-2H3,(H,15,16). The third kappa shape index (κ3) is 2.72. The summed E-state index contributed by atoms with van der Waals surface area (Å²) in [5.74, 6) is 6.41. The third-order valence-electron chi connectivity index (χ3n) is 3.51. The summed E-state index contributed by atoms with van der Waals surface area (Å²) in [6, 6.07) is 2.50. The zero-order valence-corrected chi connectivity index (χ0v) is 11.3. The molecule has 1 fully saturated rings. The molecule has 100 valence electrons. The van der Waals surface area contributed by atoms with Crippen LogP contribution in [0.25, 0.3) is 0 Å². The Labute approximate surface area is 108 Å². The van der Waals surface area contributed by atoms with Gasteiger partial charge in [-0.1, -0.05) is 19.8 Å². The highest BCUT2D eigenvalue weighted by Crippen LogP contribution is 2.21. The van der Waals surface area contributed by atoms with Crippen molar-refractivity contribution in [1.29, 1.82) is 0 Å². The van der Waals surface area contributed by atoms with E-state index < -0.39 is 0 Å². The van der Waals surface area contributed by atoms with Gasteiger partial charge >= 0.3 is 0 Å². The molecule has 1 saturated carbocycles.